The lowest BCUT2D eigenvalue weighted by molar-refractivity contribution is -0.265. The number of piperidine rings is 1. The van der Waals surface area contributed by atoms with Crippen LogP contribution in [0.25, 0.3) is 0 Å². The van der Waals surface area contributed by atoms with Crippen LogP contribution >= 0.6 is 0 Å². The number of nitrogens with zero attached hydrogens (tertiary/aromatic N) is 7. The maximum absolute atomic E-state index is 14.8. The van der Waals surface area contributed by atoms with Crippen molar-refractivity contribution in [1.82, 2.24) is 35.5 Å². The van der Waals surface area contributed by atoms with E-state index in [0.717, 1.165) is 5.57 Å². The SMILES string of the molecule is CCOCCOCCNC(=O)c1cnc(N2CCN(c3ncc(CNC(=O)O[C@@H]4CC[C@@H](C[C@@H](C)[C@@H]5CC(=O)[C@H](C)/C=C(\C)[C@@H](O)[C@@H](OC)C(=O)[C@H](C)C[C@H](C)/C=C/C=C/C=C(\C)C(OC)C[C@@H]6CC[C@@H](C)[C@@](O)(O6)C(=O)C(=O)N6CCCC[C@H]6C(=O)O5)C[C@H]4OC)cn3)CC2)nc1. The van der Waals surface area contributed by atoms with E-state index in [-0.39, 0.29) is 61.7 Å². The van der Waals surface area contributed by atoms with E-state index < -0.39 is 102 Å². The van der Waals surface area contributed by atoms with Gasteiger partial charge in [-0.15, -0.1) is 0 Å². The molecule has 542 valence electrons. The van der Waals surface area contributed by atoms with E-state index in [2.05, 4.69) is 30.6 Å². The molecule has 4 N–H and O–H groups in total. The highest BCUT2D eigenvalue weighted by atomic mass is 16.6. The van der Waals surface area contributed by atoms with E-state index in [4.69, 9.17) is 37.9 Å². The number of nitrogens with one attached hydrogen (secondary N) is 2. The first-order valence-corrected chi connectivity index (χ1v) is 35.0. The average molecular weight is 1370 g/mol. The van der Waals surface area contributed by atoms with Gasteiger partial charge in [-0.1, -0.05) is 71.1 Å². The summed E-state index contributed by atoms with van der Waals surface area (Å²) in [7, 11) is 4.49. The normalized spacial score (nSPS) is 31.5. The third kappa shape index (κ3) is 22.0. The molecule has 4 fully saturated rings. The van der Waals surface area contributed by atoms with E-state index in [1.807, 2.05) is 67.9 Å². The number of esters is 1. The number of ketones is 3. The van der Waals surface area contributed by atoms with Gasteiger partial charge in [-0.25, -0.2) is 29.5 Å². The molecule has 26 heteroatoms. The number of anilines is 2. The summed E-state index contributed by atoms with van der Waals surface area (Å²) in [6.45, 7) is 19.3. The zero-order valence-electron chi connectivity index (χ0n) is 59.3. The highest BCUT2D eigenvalue weighted by Gasteiger charge is 2.53. The smallest absolute Gasteiger partial charge is 0.407 e. The molecule has 4 aliphatic heterocycles. The van der Waals surface area contributed by atoms with Gasteiger partial charge in [0.1, 0.15) is 36.2 Å². The maximum Gasteiger partial charge on any atom is 0.407 e. The quantitative estimate of drug-likeness (QED) is 0.0486. The molecule has 3 saturated heterocycles. The van der Waals surface area contributed by atoms with Gasteiger partial charge in [-0.05, 0) is 114 Å². The Kier molecular flexibility index (Phi) is 30.9. The van der Waals surface area contributed by atoms with Crippen molar-refractivity contribution in [2.45, 2.75) is 194 Å². The number of ether oxygens (including phenoxy) is 8. The summed E-state index contributed by atoms with van der Waals surface area (Å²) in [6, 6.07) is -1.21. The third-order valence-corrected chi connectivity index (χ3v) is 19.7. The number of allylic oxidation sites excluding steroid dienone is 6. The predicted octanol–water partition coefficient (Wildman–Crippen LogP) is 6.80. The summed E-state index contributed by atoms with van der Waals surface area (Å²) >= 11 is 0. The molecule has 26 nitrogen and oxygen atoms in total. The second kappa shape index (κ2) is 38.6. The van der Waals surface area contributed by atoms with E-state index in [1.165, 1.54) is 24.4 Å². The first-order chi connectivity index (χ1) is 47.0. The minimum absolute atomic E-state index is 0.0159. The van der Waals surface area contributed by atoms with Gasteiger partial charge >= 0.3 is 12.1 Å². The first kappa shape index (κ1) is 78.4. The van der Waals surface area contributed by atoms with Crippen molar-refractivity contribution in [3.63, 3.8) is 0 Å². The number of aromatic nitrogens is 4. The molecule has 2 bridgehead atoms. The fraction of sp³-hybridized carbons (Fsp3) is 0.681. The Hall–Kier alpha value is -6.91. The number of methoxy groups -OCH3 is 3. The number of cyclic esters (lactones) is 1. The molecule has 5 aliphatic rings. The first-order valence-electron chi connectivity index (χ1n) is 35.0. The van der Waals surface area contributed by atoms with Gasteiger partial charge < -0.3 is 73.4 Å². The number of carbonyl (C=O) groups excluding carboxylic acids is 7. The van der Waals surface area contributed by atoms with E-state index in [0.29, 0.717) is 146 Å². The Labute approximate surface area is 577 Å². The van der Waals surface area contributed by atoms with Crippen LogP contribution in [0.3, 0.4) is 0 Å². The lowest BCUT2D eigenvalue weighted by atomic mass is 9.78. The molecular formula is C72H107N9O17. The number of aliphatic hydroxyl groups is 2. The van der Waals surface area contributed by atoms with Crippen molar-refractivity contribution < 1.29 is 81.7 Å². The van der Waals surface area contributed by atoms with Crippen LogP contribution in [-0.4, -0.2) is 218 Å². The number of hydrogen-bond donors (Lipinski definition) is 4. The molecule has 1 unspecified atom stereocenters. The fourth-order valence-corrected chi connectivity index (χ4v) is 13.6. The average Bonchev–Trinajstić information content (AvgIpc) is 0.775. The summed E-state index contributed by atoms with van der Waals surface area (Å²) in [4.78, 5) is 121. The number of fused-ring (bicyclic) bond motifs is 3. The van der Waals surface area contributed by atoms with Crippen LogP contribution in [0.2, 0.25) is 0 Å². The highest BCUT2D eigenvalue weighted by molar-refractivity contribution is 6.39. The Morgan fingerprint density at radius 1 is 0.755 bits per heavy atom. The van der Waals surface area contributed by atoms with Gasteiger partial charge in [-0.3, -0.25) is 24.0 Å². The van der Waals surface area contributed by atoms with Crippen LogP contribution < -0.4 is 20.4 Å². The third-order valence-electron chi connectivity index (χ3n) is 19.7. The lowest BCUT2D eigenvalue weighted by Gasteiger charge is -2.42. The largest absolute Gasteiger partial charge is 0.460 e. The standard InChI is InChI=1S/C72H107N9O17/c1-12-94-32-33-95-31-25-73-66(86)54-43-76-70(77-44-54)80-29-27-79(28-30-80)69-74-40-53(41-75-69)42-78-71(89)97-58-24-22-52(37-61(58)92-10)36-48(5)60-39-57(82)47(4)35-50(7)63(84)64(93-11)62(83)49(6)34-45(2)18-14-13-15-19-46(3)59(91-9)38-55-23-21-51(8)72(90,98-55)65(85)67(87)81-26-17-16-20-56(81)68(88)96-60/h13-15,18-19,35,40-41,43-45,47-49,51-52,55-56,58-61,63-64,84,90H,12,16-17,20-34,36-39,42H2,1-11H3,(H,73,86)(H,78,89)/b15-13+,18-14+,46-19+,50-35+/t45-,47-,48-,49-,51-,52+,55+,56+,58-,59?,60+,61-,63-,64+,72-/m1/s1. The number of alkyl carbamates (subject to hydrolysis) is 1. The molecular weight excluding hydrogens is 1260 g/mol. The van der Waals surface area contributed by atoms with Crippen molar-refractivity contribution in [2.24, 2.45) is 35.5 Å². The number of hydrogen-bond acceptors (Lipinski definition) is 23. The van der Waals surface area contributed by atoms with Crippen molar-refractivity contribution >= 4 is 53.1 Å². The Morgan fingerprint density at radius 2 is 1.44 bits per heavy atom. The van der Waals surface area contributed by atoms with E-state index >= 15 is 0 Å². The van der Waals surface area contributed by atoms with Crippen LogP contribution in [0.1, 0.15) is 148 Å². The van der Waals surface area contributed by atoms with Gasteiger partial charge in [0, 0.05) is 135 Å². The Morgan fingerprint density at radius 3 is 2.10 bits per heavy atom. The molecule has 1 aliphatic carbocycles. The topological polar surface area (TPSA) is 319 Å². The van der Waals surface area contributed by atoms with Gasteiger partial charge in [-0.2, -0.15) is 0 Å². The van der Waals surface area contributed by atoms with Crippen LogP contribution in [0.4, 0.5) is 16.7 Å². The summed E-state index contributed by atoms with van der Waals surface area (Å²) in [6.07, 6.45) is 15.6. The molecule has 6 heterocycles. The zero-order valence-corrected chi connectivity index (χ0v) is 59.3. The number of aliphatic hydroxyl groups excluding tert-OH is 1. The number of carbonyl (C=O) groups is 7. The number of Topliss-reactive ketones (excluding diaryl/α,β-unsaturated/α-hetero) is 3. The zero-order chi connectivity index (χ0) is 71.1. The summed E-state index contributed by atoms with van der Waals surface area (Å²) < 4.78 is 46.7. The van der Waals surface area contributed by atoms with Crippen LogP contribution in [0.15, 0.2) is 72.4 Å². The summed E-state index contributed by atoms with van der Waals surface area (Å²) in [5.41, 5.74) is 2.22. The minimum Gasteiger partial charge on any atom is -0.460 e. The second-order valence-electron chi connectivity index (χ2n) is 27.0. The van der Waals surface area contributed by atoms with Gasteiger partial charge in [0.25, 0.3) is 17.6 Å². The van der Waals surface area contributed by atoms with Gasteiger partial charge in [0.15, 0.2) is 5.78 Å². The lowest BCUT2D eigenvalue weighted by Crippen LogP contribution is -2.61. The highest BCUT2D eigenvalue weighted by Crippen LogP contribution is 2.38. The number of amides is 3. The fourth-order valence-electron chi connectivity index (χ4n) is 13.6. The molecule has 3 amide bonds. The molecule has 0 radical (unpaired) electrons. The van der Waals surface area contributed by atoms with Gasteiger partial charge in [0.2, 0.25) is 17.7 Å². The Balaban J connectivity index is 0.978. The molecule has 98 heavy (non-hydrogen) atoms. The summed E-state index contributed by atoms with van der Waals surface area (Å²) in [5, 5.41) is 29.4. The van der Waals surface area contributed by atoms with Crippen molar-refractivity contribution in [3.8, 4) is 0 Å². The number of piperazine rings is 1. The van der Waals surface area contributed by atoms with Crippen molar-refractivity contribution in [2.75, 3.05) is 96.8 Å². The number of rotatable bonds is 19. The molecule has 7 rings (SSSR count). The van der Waals surface area contributed by atoms with E-state index in [9.17, 15) is 43.8 Å². The molecule has 15 atom stereocenters. The molecule has 2 aromatic heterocycles. The minimum atomic E-state index is -2.48. The van der Waals surface area contributed by atoms with Crippen LogP contribution in [0.5, 0.6) is 0 Å². The van der Waals surface area contributed by atoms with Crippen LogP contribution in [-0.2, 0) is 68.4 Å². The van der Waals surface area contributed by atoms with Crippen molar-refractivity contribution in [3.05, 3.63) is 83.5 Å². The monoisotopic (exact) mass is 1370 g/mol. The second-order valence-corrected chi connectivity index (χ2v) is 27.0. The van der Waals surface area contributed by atoms with Crippen molar-refractivity contribution in [1.29, 1.82) is 0 Å². The molecule has 0 aromatic carbocycles. The molecule has 2 aromatic rings. The van der Waals surface area contributed by atoms with Gasteiger partial charge in [0.05, 0.1) is 43.7 Å². The van der Waals surface area contributed by atoms with Crippen LogP contribution in [0, 0.1) is 35.5 Å². The predicted molar refractivity (Wildman–Crippen MR) is 364 cm³/mol. The molecule has 0 spiro atoms. The van der Waals surface area contributed by atoms with E-state index in [1.54, 1.807) is 60.4 Å². The summed E-state index contributed by atoms with van der Waals surface area (Å²) in [5.74, 6) is -7.90. The Bertz CT molecular complexity index is 3070. The maximum atomic E-state index is 14.8. The molecule has 1 saturated carbocycles.